The summed E-state index contributed by atoms with van der Waals surface area (Å²) in [6.07, 6.45) is 0.785. The van der Waals surface area contributed by atoms with Crippen molar-refractivity contribution in [2.45, 2.75) is 13.0 Å². The van der Waals surface area contributed by atoms with E-state index in [2.05, 4.69) is 0 Å². The van der Waals surface area contributed by atoms with Gasteiger partial charge >= 0.3 is 5.97 Å². The molecule has 1 aromatic carbocycles. The molecule has 0 bridgehead atoms. The van der Waals surface area contributed by atoms with Crippen LogP contribution in [0.15, 0.2) is 36.4 Å². The largest absolute Gasteiger partial charge is 0.460 e. The molecule has 1 aliphatic rings. The Balaban J connectivity index is 1.48. The van der Waals surface area contributed by atoms with Crippen molar-refractivity contribution in [2.24, 2.45) is 0 Å². The van der Waals surface area contributed by atoms with Gasteiger partial charge in [-0.15, -0.1) is 11.3 Å². The van der Waals surface area contributed by atoms with Crippen molar-refractivity contribution in [3.63, 3.8) is 0 Å². The molecule has 1 amide bonds. The number of benzene rings is 1. The van der Waals surface area contributed by atoms with E-state index in [-0.39, 0.29) is 25.0 Å². The zero-order valence-corrected chi connectivity index (χ0v) is 17.0. The normalized spacial score (nSPS) is 15.4. The van der Waals surface area contributed by atoms with Gasteiger partial charge in [0.2, 0.25) is 0 Å². The number of hydrogen-bond donors (Lipinski definition) is 0. The third-order valence-electron chi connectivity index (χ3n) is 4.36. The monoisotopic (exact) mass is 426 g/mol. The van der Waals surface area contributed by atoms with Gasteiger partial charge in [0.05, 0.1) is 16.4 Å². The Bertz CT molecular complexity index is 798. The van der Waals surface area contributed by atoms with Crippen LogP contribution >= 0.6 is 34.5 Å². The van der Waals surface area contributed by atoms with Crippen molar-refractivity contribution in [3.8, 4) is 0 Å². The maximum Gasteiger partial charge on any atom is 0.320 e. The lowest BCUT2D eigenvalue weighted by molar-refractivity contribution is -0.146. The molecule has 1 aliphatic heterocycles. The first-order valence-corrected chi connectivity index (χ1v) is 10.3. The molecule has 0 spiro atoms. The molecular formula is C19H20Cl2N2O3S. The molecule has 0 N–H and O–H groups in total. The van der Waals surface area contributed by atoms with Crippen LogP contribution in [0, 0.1) is 0 Å². The van der Waals surface area contributed by atoms with Gasteiger partial charge in [-0.1, -0.05) is 53.5 Å². The third kappa shape index (κ3) is 5.69. The molecule has 0 unspecified atom stereocenters. The summed E-state index contributed by atoms with van der Waals surface area (Å²) >= 11 is 13.2. The number of halogens is 2. The second-order valence-corrected chi connectivity index (χ2v) is 8.59. The van der Waals surface area contributed by atoms with Crippen LogP contribution in [0.5, 0.6) is 0 Å². The number of nitrogens with zero attached hydrogens (tertiary/aromatic N) is 2. The highest BCUT2D eigenvalue weighted by Gasteiger charge is 2.24. The lowest BCUT2D eigenvalue weighted by Gasteiger charge is -2.21. The topological polar surface area (TPSA) is 49.9 Å². The quantitative estimate of drug-likeness (QED) is 0.679. The molecular weight excluding hydrogens is 407 g/mol. The Morgan fingerprint density at radius 1 is 1.07 bits per heavy atom. The fourth-order valence-corrected chi connectivity index (χ4v) is 4.40. The summed E-state index contributed by atoms with van der Waals surface area (Å²) in [6, 6.07) is 11.2. The predicted molar refractivity (Wildman–Crippen MR) is 108 cm³/mol. The molecule has 3 rings (SSSR count). The van der Waals surface area contributed by atoms with Crippen LogP contribution in [-0.2, 0) is 16.1 Å². The second kappa shape index (κ2) is 9.55. The number of thiophene rings is 1. The molecule has 0 saturated carbocycles. The van der Waals surface area contributed by atoms with Crippen molar-refractivity contribution >= 4 is 46.4 Å². The Hall–Kier alpha value is -1.60. The maximum absolute atomic E-state index is 12.7. The highest BCUT2D eigenvalue weighted by Crippen LogP contribution is 2.32. The van der Waals surface area contributed by atoms with Crippen LogP contribution in [0.25, 0.3) is 0 Å². The van der Waals surface area contributed by atoms with Crippen LogP contribution in [0.4, 0.5) is 0 Å². The first-order valence-electron chi connectivity index (χ1n) is 8.69. The average Bonchev–Trinajstić information content (AvgIpc) is 2.85. The minimum Gasteiger partial charge on any atom is -0.460 e. The minimum absolute atomic E-state index is 0.114. The van der Waals surface area contributed by atoms with E-state index in [1.807, 2.05) is 35.2 Å². The predicted octanol–water partition coefficient (Wildman–Crippen LogP) is 3.95. The summed E-state index contributed by atoms with van der Waals surface area (Å²) in [6.45, 7) is 3.01. The fourth-order valence-electron chi connectivity index (χ4n) is 2.95. The SMILES string of the molecule is O=C(CN1CCCN(C(=O)c2cc(Cl)sc2Cl)CC1)OCc1ccccc1. The molecule has 2 heterocycles. The first kappa shape index (κ1) is 20.1. The van der Waals surface area contributed by atoms with Crippen molar-refractivity contribution in [1.29, 1.82) is 0 Å². The first-order chi connectivity index (χ1) is 13.0. The lowest BCUT2D eigenvalue weighted by atomic mass is 10.2. The Morgan fingerprint density at radius 3 is 2.56 bits per heavy atom. The molecule has 5 nitrogen and oxygen atoms in total. The molecule has 1 saturated heterocycles. The van der Waals surface area contributed by atoms with Gasteiger partial charge in [-0.25, -0.2) is 0 Å². The van der Waals surface area contributed by atoms with E-state index in [0.717, 1.165) is 18.5 Å². The minimum atomic E-state index is -0.258. The molecule has 0 atom stereocenters. The van der Waals surface area contributed by atoms with Crippen molar-refractivity contribution in [2.75, 3.05) is 32.7 Å². The maximum atomic E-state index is 12.7. The smallest absolute Gasteiger partial charge is 0.320 e. The number of amides is 1. The summed E-state index contributed by atoms with van der Waals surface area (Å²) in [4.78, 5) is 28.5. The second-order valence-electron chi connectivity index (χ2n) is 6.31. The van der Waals surface area contributed by atoms with Crippen LogP contribution in [0.2, 0.25) is 8.67 Å². The van der Waals surface area contributed by atoms with E-state index in [1.165, 1.54) is 11.3 Å². The Labute approximate surface area is 172 Å². The summed E-state index contributed by atoms with van der Waals surface area (Å²) in [7, 11) is 0. The summed E-state index contributed by atoms with van der Waals surface area (Å²) in [5.41, 5.74) is 1.41. The van der Waals surface area contributed by atoms with E-state index in [9.17, 15) is 9.59 Å². The summed E-state index contributed by atoms with van der Waals surface area (Å²) in [5, 5.41) is 0. The van der Waals surface area contributed by atoms with E-state index in [1.54, 1.807) is 11.0 Å². The Kier molecular flexibility index (Phi) is 7.13. The van der Waals surface area contributed by atoms with Gasteiger partial charge in [0.15, 0.2) is 0 Å². The number of rotatable bonds is 5. The van der Waals surface area contributed by atoms with Gasteiger partial charge < -0.3 is 9.64 Å². The zero-order chi connectivity index (χ0) is 19.2. The lowest BCUT2D eigenvalue weighted by Crippen LogP contribution is -2.37. The van der Waals surface area contributed by atoms with Gasteiger partial charge in [-0.2, -0.15) is 0 Å². The van der Waals surface area contributed by atoms with Gasteiger partial charge in [0, 0.05) is 26.2 Å². The molecule has 0 aliphatic carbocycles. The highest BCUT2D eigenvalue weighted by atomic mass is 35.5. The molecule has 1 aromatic heterocycles. The standard InChI is InChI=1S/C19H20Cl2N2O3S/c20-16-11-15(18(21)27-16)19(25)23-8-4-7-22(9-10-23)12-17(24)26-13-14-5-2-1-3-6-14/h1-3,5-6,11H,4,7-10,12-13H2. The average molecular weight is 427 g/mol. The molecule has 1 fully saturated rings. The molecule has 2 aromatic rings. The van der Waals surface area contributed by atoms with E-state index in [0.29, 0.717) is 33.9 Å². The van der Waals surface area contributed by atoms with Gasteiger partial charge in [-0.3, -0.25) is 14.5 Å². The highest BCUT2D eigenvalue weighted by molar-refractivity contribution is 7.20. The van der Waals surface area contributed by atoms with Crippen LogP contribution in [0.1, 0.15) is 22.3 Å². The summed E-state index contributed by atoms with van der Waals surface area (Å²) < 4.78 is 6.26. The van der Waals surface area contributed by atoms with E-state index < -0.39 is 0 Å². The van der Waals surface area contributed by atoms with Crippen molar-refractivity contribution < 1.29 is 14.3 Å². The number of hydrogen-bond acceptors (Lipinski definition) is 5. The molecule has 0 radical (unpaired) electrons. The number of ether oxygens (including phenoxy) is 1. The van der Waals surface area contributed by atoms with Gasteiger partial charge in [-0.05, 0) is 18.1 Å². The van der Waals surface area contributed by atoms with E-state index >= 15 is 0 Å². The van der Waals surface area contributed by atoms with Crippen LogP contribution in [-0.4, -0.2) is 54.4 Å². The Morgan fingerprint density at radius 2 is 1.85 bits per heavy atom. The molecule has 27 heavy (non-hydrogen) atoms. The molecule has 8 heteroatoms. The molecule has 144 valence electrons. The zero-order valence-electron chi connectivity index (χ0n) is 14.7. The van der Waals surface area contributed by atoms with Crippen LogP contribution in [0.3, 0.4) is 0 Å². The van der Waals surface area contributed by atoms with Gasteiger partial charge in [0.25, 0.3) is 5.91 Å². The number of carbonyl (C=O) groups excluding carboxylic acids is 2. The van der Waals surface area contributed by atoms with Gasteiger partial charge in [0.1, 0.15) is 10.9 Å². The van der Waals surface area contributed by atoms with E-state index in [4.69, 9.17) is 27.9 Å². The van der Waals surface area contributed by atoms with Crippen LogP contribution < -0.4 is 0 Å². The van der Waals surface area contributed by atoms with Crippen molar-refractivity contribution in [3.05, 3.63) is 56.2 Å². The number of carbonyl (C=O) groups is 2. The van der Waals surface area contributed by atoms with Crippen molar-refractivity contribution in [1.82, 2.24) is 9.80 Å². The summed E-state index contributed by atoms with van der Waals surface area (Å²) in [5.74, 6) is -0.372. The fraction of sp³-hybridized carbons (Fsp3) is 0.368. The third-order valence-corrected chi connectivity index (χ3v) is 5.85. The number of esters is 1.